The molecule has 0 aliphatic carbocycles. The number of nitrogens with one attached hydrogen (secondary N) is 1. The lowest BCUT2D eigenvalue weighted by Gasteiger charge is -2.14. The van der Waals surface area contributed by atoms with Crippen LogP contribution in [0.15, 0.2) is 88.4 Å². The third-order valence-electron chi connectivity index (χ3n) is 5.33. The molecular weight excluding hydrogens is 538 g/mol. The van der Waals surface area contributed by atoms with Gasteiger partial charge in [0.2, 0.25) is 5.91 Å². The first-order valence-corrected chi connectivity index (χ1v) is 12.7. The van der Waals surface area contributed by atoms with Gasteiger partial charge in [-0.05, 0) is 48.0 Å². The smallest absolute Gasteiger partial charge is 0.234 e. The number of benzene rings is 3. The number of carbonyl (C=O) groups excluding carboxylic acids is 1. The normalized spacial score (nSPS) is 10.4. The van der Waals surface area contributed by atoms with Gasteiger partial charge in [0.05, 0.1) is 31.2 Å². The molecule has 1 N–H and O–H groups in total. The second-order valence-electron chi connectivity index (χ2n) is 7.63. The van der Waals surface area contributed by atoms with Gasteiger partial charge in [-0.25, -0.2) is 4.98 Å². The lowest BCUT2D eigenvalue weighted by Crippen LogP contribution is -2.14. The SMILES string of the molecule is COc1ccc(-c2cc(-c3ccccc3)nc(SCC(=O)Nc3ccc(Br)cc3)c2C#N)cc1OC. The lowest BCUT2D eigenvalue weighted by atomic mass is 9.99. The molecule has 4 rings (SSSR count). The molecule has 6 nitrogen and oxygen atoms in total. The first-order chi connectivity index (χ1) is 17.5. The first kappa shape index (κ1) is 25.3. The Labute approximate surface area is 222 Å². The minimum atomic E-state index is -0.189. The maximum absolute atomic E-state index is 12.6. The van der Waals surface area contributed by atoms with E-state index >= 15 is 0 Å². The van der Waals surface area contributed by atoms with Crippen LogP contribution >= 0.6 is 27.7 Å². The zero-order valence-corrected chi connectivity index (χ0v) is 22.0. The number of ether oxygens (including phenoxy) is 2. The van der Waals surface area contributed by atoms with E-state index in [1.54, 1.807) is 20.3 Å². The van der Waals surface area contributed by atoms with Crippen LogP contribution in [-0.2, 0) is 4.79 Å². The molecule has 0 aliphatic heterocycles. The molecule has 0 bridgehead atoms. The van der Waals surface area contributed by atoms with Crippen LogP contribution in [0.25, 0.3) is 22.4 Å². The summed E-state index contributed by atoms with van der Waals surface area (Å²) < 4.78 is 11.8. The molecule has 0 fully saturated rings. The van der Waals surface area contributed by atoms with Gasteiger partial charge in [-0.2, -0.15) is 5.26 Å². The Morgan fingerprint density at radius 1 is 0.972 bits per heavy atom. The van der Waals surface area contributed by atoms with E-state index in [0.29, 0.717) is 39.0 Å². The van der Waals surface area contributed by atoms with E-state index in [-0.39, 0.29) is 11.7 Å². The number of rotatable bonds is 8. The molecular formula is C28H22BrN3O3S. The van der Waals surface area contributed by atoms with Gasteiger partial charge in [-0.15, -0.1) is 0 Å². The van der Waals surface area contributed by atoms with Crippen LogP contribution in [0.1, 0.15) is 5.56 Å². The summed E-state index contributed by atoms with van der Waals surface area (Å²) >= 11 is 4.61. The third kappa shape index (κ3) is 5.88. The Balaban J connectivity index is 1.72. The standard InChI is InChI=1S/C28H22BrN3O3S/c1-34-25-13-8-19(14-26(25)35-2)22-15-24(18-6-4-3-5-7-18)32-28(23(22)16-30)36-17-27(33)31-21-11-9-20(29)10-12-21/h3-15H,17H2,1-2H3,(H,31,33). The number of halogens is 1. The van der Waals surface area contributed by atoms with Gasteiger partial charge in [0.15, 0.2) is 11.5 Å². The van der Waals surface area contributed by atoms with E-state index < -0.39 is 0 Å². The molecule has 1 aromatic heterocycles. The number of carbonyl (C=O) groups is 1. The number of pyridine rings is 1. The van der Waals surface area contributed by atoms with Crippen molar-refractivity contribution in [3.05, 3.63) is 88.9 Å². The molecule has 0 spiro atoms. The van der Waals surface area contributed by atoms with E-state index in [2.05, 4.69) is 27.3 Å². The first-order valence-electron chi connectivity index (χ1n) is 10.9. The predicted octanol–water partition coefficient (Wildman–Crippen LogP) is 6.80. The number of amides is 1. The lowest BCUT2D eigenvalue weighted by molar-refractivity contribution is -0.113. The Morgan fingerprint density at radius 2 is 1.69 bits per heavy atom. The molecule has 0 atom stereocenters. The number of methoxy groups -OCH3 is 2. The number of aromatic nitrogens is 1. The van der Waals surface area contributed by atoms with Crippen LogP contribution in [0.4, 0.5) is 5.69 Å². The number of hydrogen-bond donors (Lipinski definition) is 1. The molecule has 3 aromatic carbocycles. The highest BCUT2D eigenvalue weighted by molar-refractivity contribution is 9.10. The van der Waals surface area contributed by atoms with Gasteiger partial charge in [0, 0.05) is 21.3 Å². The summed E-state index contributed by atoms with van der Waals surface area (Å²) in [5.41, 5.74) is 4.18. The quantitative estimate of drug-likeness (QED) is 0.239. The molecule has 36 heavy (non-hydrogen) atoms. The van der Waals surface area contributed by atoms with Crippen molar-refractivity contribution in [1.82, 2.24) is 4.98 Å². The van der Waals surface area contributed by atoms with Crippen LogP contribution in [0.5, 0.6) is 11.5 Å². The van der Waals surface area contributed by atoms with Crippen molar-refractivity contribution >= 4 is 39.3 Å². The maximum atomic E-state index is 12.6. The summed E-state index contributed by atoms with van der Waals surface area (Å²) in [6, 6.07) is 26.8. The van der Waals surface area contributed by atoms with Gasteiger partial charge in [0.25, 0.3) is 0 Å². The van der Waals surface area contributed by atoms with Crippen molar-refractivity contribution < 1.29 is 14.3 Å². The van der Waals surface area contributed by atoms with Crippen molar-refractivity contribution in [2.45, 2.75) is 5.03 Å². The monoisotopic (exact) mass is 559 g/mol. The molecule has 0 saturated heterocycles. The number of nitriles is 1. The van der Waals surface area contributed by atoms with Gasteiger partial charge < -0.3 is 14.8 Å². The molecule has 1 amide bonds. The Morgan fingerprint density at radius 3 is 2.36 bits per heavy atom. The highest BCUT2D eigenvalue weighted by atomic mass is 79.9. The van der Waals surface area contributed by atoms with E-state index in [4.69, 9.17) is 14.5 Å². The summed E-state index contributed by atoms with van der Waals surface area (Å²) in [5.74, 6) is 1.06. The summed E-state index contributed by atoms with van der Waals surface area (Å²) in [6.07, 6.45) is 0. The number of anilines is 1. The number of nitrogens with zero attached hydrogens (tertiary/aromatic N) is 2. The molecule has 180 valence electrons. The van der Waals surface area contributed by atoms with Crippen LogP contribution < -0.4 is 14.8 Å². The van der Waals surface area contributed by atoms with E-state index in [9.17, 15) is 10.1 Å². The van der Waals surface area contributed by atoms with Crippen molar-refractivity contribution in [3.8, 4) is 40.0 Å². The highest BCUT2D eigenvalue weighted by Crippen LogP contribution is 2.38. The molecule has 0 aliphatic rings. The Bertz CT molecular complexity index is 1420. The van der Waals surface area contributed by atoms with Crippen LogP contribution in [0.3, 0.4) is 0 Å². The molecule has 0 saturated carbocycles. The van der Waals surface area contributed by atoms with E-state index in [0.717, 1.165) is 15.6 Å². The maximum Gasteiger partial charge on any atom is 0.234 e. The topological polar surface area (TPSA) is 84.2 Å². The number of thioether (sulfide) groups is 1. The minimum absolute atomic E-state index is 0.0986. The second-order valence-corrected chi connectivity index (χ2v) is 9.51. The van der Waals surface area contributed by atoms with Gasteiger partial charge in [-0.3, -0.25) is 4.79 Å². The zero-order valence-electron chi connectivity index (χ0n) is 19.6. The summed E-state index contributed by atoms with van der Waals surface area (Å²) in [7, 11) is 3.15. The van der Waals surface area contributed by atoms with E-state index in [1.165, 1.54) is 11.8 Å². The fourth-order valence-corrected chi connectivity index (χ4v) is 4.65. The second kappa shape index (κ2) is 11.8. The summed E-state index contributed by atoms with van der Waals surface area (Å²) in [6.45, 7) is 0. The van der Waals surface area contributed by atoms with Crippen LogP contribution in [-0.4, -0.2) is 30.9 Å². The van der Waals surface area contributed by atoms with Crippen molar-refractivity contribution in [2.75, 3.05) is 25.3 Å². The molecule has 8 heteroatoms. The summed E-state index contributed by atoms with van der Waals surface area (Å²) in [5, 5.41) is 13.5. The van der Waals surface area contributed by atoms with Gasteiger partial charge in [0.1, 0.15) is 11.1 Å². The molecule has 0 radical (unpaired) electrons. The van der Waals surface area contributed by atoms with Gasteiger partial charge >= 0.3 is 0 Å². The third-order valence-corrected chi connectivity index (χ3v) is 6.83. The average molecular weight is 560 g/mol. The van der Waals surface area contributed by atoms with Gasteiger partial charge in [-0.1, -0.05) is 64.1 Å². The average Bonchev–Trinajstić information content (AvgIpc) is 2.92. The molecule has 1 heterocycles. The Hall–Kier alpha value is -3.80. The number of hydrogen-bond acceptors (Lipinski definition) is 6. The van der Waals surface area contributed by atoms with Crippen molar-refractivity contribution in [3.63, 3.8) is 0 Å². The fourth-order valence-electron chi connectivity index (χ4n) is 3.59. The highest BCUT2D eigenvalue weighted by Gasteiger charge is 2.18. The molecule has 4 aromatic rings. The minimum Gasteiger partial charge on any atom is -0.493 e. The summed E-state index contributed by atoms with van der Waals surface area (Å²) in [4.78, 5) is 17.4. The predicted molar refractivity (Wildman–Crippen MR) is 146 cm³/mol. The van der Waals surface area contributed by atoms with Crippen LogP contribution in [0.2, 0.25) is 0 Å². The fraction of sp³-hybridized carbons (Fsp3) is 0.107. The van der Waals surface area contributed by atoms with E-state index in [1.807, 2.05) is 72.8 Å². The Kier molecular flexibility index (Phi) is 8.26. The van der Waals surface area contributed by atoms with Crippen molar-refractivity contribution in [2.24, 2.45) is 0 Å². The van der Waals surface area contributed by atoms with Crippen LogP contribution in [0, 0.1) is 11.3 Å². The van der Waals surface area contributed by atoms with Crippen molar-refractivity contribution in [1.29, 1.82) is 5.26 Å². The zero-order chi connectivity index (χ0) is 25.5. The largest absolute Gasteiger partial charge is 0.493 e. The molecule has 0 unspecified atom stereocenters.